The van der Waals surface area contributed by atoms with Gasteiger partial charge in [-0.15, -0.1) is 0 Å². The maximum Gasteiger partial charge on any atom is 0.413 e. The Hall–Kier alpha value is -3.09. The Kier molecular flexibility index (Phi) is 3.84. The molecule has 0 bridgehead atoms. The van der Waals surface area contributed by atoms with Gasteiger partial charge < -0.3 is 13.7 Å². The Morgan fingerprint density at radius 2 is 2.04 bits per heavy atom. The zero-order valence-corrected chi connectivity index (χ0v) is 13.5. The molecule has 24 heavy (non-hydrogen) atoms. The summed E-state index contributed by atoms with van der Waals surface area (Å²) in [7, 11) is 0. The number of hydrogen-bond acceptors (Lipinski definition) is 6. The summed E-state index contributed by atoms with van der Waals surface area (Å²) in [6.45, 7) is 5.31. The third-order valence-electron chi connectivity index (χ3n) is 3.12. The number of amides is 1. The summed E-state index contributed by atoms with van der Waals surface area (Å²) in [5.41, 5.74) is 0.617. The van der Waals surface area contributed by atoms with E-state index < -0.39 is 11.7 Å². The van der Waals surface area contributed by atoms with Crippen LogP contribution < -0.4 is 5.32 Å². The molecule has 0 atom stereocenters. The second-order valence-corrected chi connectivity index (χ2v) is 6.19. The van der Waals surface area contributed by atoms with Crippen LogP contribution in [0, 0.1) is 0 Å². The molecule has 0 spiro atoms. The number of benzene rings is 1. The van der Waals surface area contributed by atoms with E-state index in [1.54, 1.807) is 51.1 Å². The number of nitrogens with one attached hydrogen (secondary N) is 1. The van der Waals surface area contributed by atoms with Crippen molar-refractivity contribution in [1.82, 2.24) is 5.16 Å². The van der Waals surface area contributed by atoms with Gasteiger partial charge in [-0.2, -0.15) is 0 Å². The van der Waals surface area contributed by atoms with Crippen LogP contribution in [0.4, 0.5) is 10.6 Å². The zero-order chi connectivity index (χ0) is 17.3. The van der Waals surface area contributed by atoms with Gasteiger partial charge in [-0.1, -0.05) is 5.16 Å². The summed E-state index contributed by atoms with van der Waals surface area (Å²) in [5, 5.41) is 7.01. The lowest BCUT2D eigenvalue weighted by molar-refractivity contribution is 0.0634. The molecular formula is C17H16N2O5. The summed E-state index contributed by atoms with van der Waals surface area (Å²) >= 11 is 0. The lowest BCUT2D eigenvalue weighted by Crippen LogP contribution is -2.27. The molecule has 7 heteroatoms. The van der Waals surface area contributed by atoms with Crippen LogP contribution in [0.1, 0.15) is 31.3 Å². The highest BCUT2D eigenvalue weighted by Crippen LogP contribution is 2.30. The number of anilines is 1. The van der Waals surface area contributed by atoms with E-state index in [9.17, 15) is 9.59 Å². The molecule has 2 heterocycles. The molecule has 0 radical (unpaired) electrons. The molecular weight excluding hydrogens is 312 g/mol. The number of aldehydes is 1. The van der Waals surface area contributed by atoms with Gasteiger partial charge in [0.25, 0.3) is 0 Å². The van der Waals surface area contributed by atoms with Crippen LogP contribution in [0.3, 0.4) is 0 Å². The molecule has 1 amide bonds. The van der Waals surface area contributed by atoms with Crippen molar-refractivity contribution in [3.63, 3.8) is 0 Å². The minimum Gasteiger partial charge on any atom is -0.453 e. The second-order valence-electron chi connectivity index (χ2n) is 6.19. The number of hydrogen-bond donors (Lipinski definition) is 1. The summed E-state index contributed by atoms with van der Waals surface area (Å²) in [6.07, 6.45) is 0.0149. The Bertz CT molecular complexity index is 901. The molecule has 0 saturated carbocycles. The second kappa shape index (κ2) is 5.84. The van der Waals surface area contributed by atoms with Crippen molar-refractivity contribution in [1.29, 1.82) is 0 Å². The zero-order valence-electron chi connectivity index (χ0n) is 13.5. The van der Waals surface area contributed by atoms with Gasteiger partial charge in [-0.3, -0.25) is 10.1 Å². The van der Waals surface area contributed by atoms with Crippen molar-refractivity contribution in [3.05, 3.63) is 36.1 Å². The fourth-order valence-corrected chi connectivity index (χ4v) is 2.15. The van der Waals surface area contributed by atoms with Gasteiger partial charge in [0.2, 0.25) is 0 Å². The topological polar surface area (TPSA) is 94.6 Å². The maximum atomic E-state index is 11.9. The molecule has 2 aromatic heterocycles. The minimum atomic E-state index is -0.621. The van der Waals surface area contributed by atoms with Gasteiger partial charge in [0.15, 0.2) is 23.4 Å². The lowest BCUT2D eigenvalue weighted by atomic mass is 10.1. The van der Waals surface area contributed by atoms with Gasteiger partial charge in [0, 0.05) is 5.56 Å². The number of carbonyl (C=O) groups is 2. The van der Waals surface area contributed by atoms with Gasteiger partial charge in [0.05, 0.1) is 5.39 Å². The van der Waals surface area contributed by atoms with Crippen molar-refractivity contribution < 1.29 is 23.3 Å². The minimum absolute atomic E-state index is 0.238. The third-order valence-corrected chi connectivity index (χ3v) is 3.12. The van der Waals surface area contributed by atoms with Crippen LogP contribution >= 0.6 is 0 Å². The third kappa shape index (κ3) is 3.29. The molecule has 124 valence electrons. The van der Waals surface area contributed by atoms with Crippen molar-refractivity contribution >= 4 is 29.2 Å². The summed E-state index contributed by atoms with van der Waals surface area (Å²) in [6, 6.07) is 8.52. The summed E-state index contributed by atoms with van der Waals surface area (Å²) < 4.78 is 15.8. The van der Waals surface area contributed by atoms with Crippen LogP contribution in [0.25, 0.3) is 22.3 Å². The monoisotopic (exact) mass is 328 g/mol. The Morgan fingerprint density at radius 1 is 1.25 bits per heavy atom. The molecule has 0 saturated heterocycles. The highest BCUT2D eigenvalue weighted by molar-refractivity contribution is 5.97. The van der Waals surface area contributed by atoms with E-state index in [0.717, 1.165) is 5.56 Å². The molecule has 3 aromatic rings. The van der Waals surface area contributed by atoms with Crippen molar-refractivity contribution in [2.45, 2.75) is 26.4 Å². The highest BCUT2D eigenvalue weighted by Gasteiger charge is 2.19. The Morgan fingerprint density at radius 3 is 2.71 bits per heavy atom. The molecule has 1 aromatic carbocycles. The molecule has 0 aliphatic carbocycles. The molecule has 0 unspecified atom stereocenters. The average molecular weight is 328 g/mol. The van der Waals surface area contributed by atoms with Crippen molar-refractivity contribution in [2.75, 3.05) is 5.32 Å². The van der Waals surface area contributed by atoms with E-state index in [1.165, 1.54) is 0 Å². The highest BCUT2D eigenvalue weighted by atomic mass is 16.6. The van der Waals surface area contributed by atoms with E-state index in [0.29, 0.717) is 23.0 Å². The van der Waals surface area contributed by atoms with Gasteiger partial charge >= 0.3 is 6.09 Å². The summed E-state index contributed by atoms with van der Waals surface area (Å²) in [4.78, 5) is 22.6. The lowest BCUT2D eigenvalue weighted by Gasteiger charge is -2.19. The first-order valence-corrected chi connectivity index (χ1v) is 7.30. The number of nitrogens with zero attached hydrogens (tertiary/aromatic N) is 1. The van der Waals surface area contributed by atoms with Crippen LogP contribution in [-0.2, 0) is 4.74 Å². The number of furan rings is 1. The van der Waals surface area contributed by atoms with Gasteiger partial charge in [-0.05, 0) is 51.1 Å². The first kappa shape index (κ1) is 15.8. The maximum absolute atomic E-state index is 11.9. The number of carbonyl (C=O) groups excluding carboxylic acids is 2. The van der Waals surface area contributed by atoms with E-state index in [2.05, 4.69) is 10.5 Å². The molecule has 0 aliphatic heterocycles. The van der Waals surface area contributed by atoms with Gasteiger partial charge in [0.1, 0.15) is 11.4 Å². The molecule has 1 N–H and O–H groups in total. The normalized spacial score (nSPS) is 11.5. The number of fused-ring (bicyclic) bond motifs is 1. The largest absolute Gasteiger partial charge is 0.453 e. The first-order chi connectivity index (χ1) is 11.4. The van der Waals surface area contributed by atoms with Crippen molar-refractivity contribution in [3.8, 4) is 11.3 Å². The molecule has 7 nitrogen and oxygen atoms in total. The number of rotatable bonds is 3. The summed E-state index contributed by atoms with van der Waals surface area (Å²) in [5.74, 6) is 1.02. The smallest absolute Gasteiger partial charge is 0.413 e. The standard InChI is InChI=1S/C17H16N2O5/c1-17(2,3)23-16(21)18-15-12-8-10(4-6-14(12)24-19-15)13-7-5-11(9-20)22-13/h4-9H,1-3H3,(H,18,19,21). The van der Waals surface area contributed by atoms with E-state index >= 15 is 0 Å². The quantitative estimate of drug-likeness (QED) is 0.722. The molecule has 0 fully saturated rings. The van der Waals surface area contributed by atoms with Crippen LogP contribution in [0.5, 0.6) is 0 Å². The van der Waals surface area contributed by atoms with Crippen LogP contribution in [0.15, 0.2) is 39.3 Å². The van der Waals surface area contributed by atoms with E-state index in [1.807, 2.05) is 0 Å². The Labute approximate surface area is 137 Å². The SMILES string of the molecule is CC(C)(C)OC(=O)Nc1noc2ccc(-c3ccc(C=O)o3)cc12. The average Bonchev–Trinajstić information content (AvgIpc) is 3.12. The fraction of sp³-hybridized carbons (Fsp3) is 0.235. The molecule has 0 aliphatic rings. The van der Waals surface area contributed by atoms with Crippen LogP contribution in [0.2, 0.25) is 0 Å². The number of aromatic nitrogens is 1. The van der Waals surface area contributed by atoms with E-state index in [4.69, 9.17) is 13.7 Å². The predicted octanol–water partition coefficient (Wildman–Crippen LogP) is 4.25. The number of ether oxygens (including phenoxy) is 1. The van der Waals surface area contributed by atoms with Crippen molar-refractivity contribution in [2.24, 2.45) is 0 Å². The fourth-order valence-electron chi connectivity index (χ4n) is 2.15. The Balaban J connectivity index is 1.91. The van der Waals surface area contributed by atoms with Crippen LogP contribution in [-0.4, -0.2) is 23.1 Å². The molecule has 3 rings (SSSR count). The van der Waals surface area contributed by atoms with E-state index in [-0.39, 0.29) is 11.6 Å². The first-order valence-electron chi connectivity index (χ1n) is 7.30. The predicted molar refractivity (Wildman–Crippen MR) is 87.0 cm³/mol. The van der Waals surface area contributed by atoms with Gasteiger partial charge in [-0.25, -0.2) is 4.79 Å².